The van der Waals surface area contributed by atoms with Crippen LogP contribution in [-0.4, -0.2) is 22.2 Å². The van der Waals surface area contributed by atoms with Crippen molar-refractivity contribution in [3.63, 3.8) is 0 Å². The number of aliphatic carboxylic acids is 2. The van der Waals surface area contributed by atoms with Gasteiger partial charge >= 0.3 is 11.9 Å². The van der Waals surface area contributed by atoms with E-state index in [9.17, 15) is 19.8 Å². The summed E-state index contributed by atoms with van der Waals surface area (Å²) >= 11 is 6.00. The Labute approximate surface area is 164 Å². The van der Waals surface area contributed by atoms with E-state index in [1.54, 1.807) is 26.0 Å². The summed E-state index contributed by atoms with van der Waals surface area (Å²) in [4.78, 5) is 24.7. The van der Waals surface area contributed by atoms with Gasteiger partial charge in [0, 0.05) is 16.5 Å². The summed E-state index contributed by atoms with van der Waals surface area (Å²) < 4.78 is 0. The van der Waals surface area contributed by atoms with Gasteiger partial charge in [0.2, 0.25) is 0 Å². The van der Waals surface area contributed by atoms with Gasteiger partial charge in [0.05, 0.1) is 5.41 Å². The number of carbonyl (C=O) groups is 2. The summed E-state index contributed by atoms with van der Waals surface area (Å²) in [5.74, 6) is -2.63. The van der Waals surface area contributed by atoms with Gasteiger partial charge in [-0.15, -0.1) is 0 Å². The van der Waals surface area contributed by atoms with Crippen LogP contribution < -0.4 is 0 Å². The fourth-order valence-corrected chi connectivity index (χ4v) is 5.05. The summed E-state index contributed by atoms with van der Waals surface area (Å²) in [6.45, 7) is 3.53. The molecule has 0 aliphatic heterocycles. The molecule has 0 radical (unpaired) electrons. The highest BCUT2D eigenvalue weighted by molar-refractivity contribution is 6.30. The van der Waals surface area contributed by atoms with Crippen molar-refractivity contribution in [2.24, 2.45) is 17.3 Å². The second-order valence-corrected chi connectivity index (χ2v) is 8.14. The van der Waals surface area contributed by atoms with E-state index in [1.807, 2.05) is 18.2 Å². The van der Waals surface area contributed by atoms with Gasteiger partial charge in [0.25, 0.3) is 0 Å². The Morgan fingerprint density at radius 2 is 1.67 bits per heavy atom. The summed E-state index contributed by atoms with van der Waals surface area (Å²) in [5.41, 5.74) is 1.11. The zero-order chi connectivity index (χ0) is 19.8. The van der Waals surface area contributed by atoms with Crippen LogP contribution in [0.2, 0.25) is 5.02 Å². The number of benzene rings is 1. The van der Waals surface area contributed by atoms with Crippen LogP contribution in [0.5, 0.6) is 0 Å². The fourth-order valence-electron chi connectivity index (χ4n) is 4.93. The standard InChI is InChI=1S/C22H25ClO4/c1-13-18(15-8-10-17(23)11-9-15)12-22(21(26)27,14(2)19(13)20(24)25)16-6-4-3-5-7-16/h8-12,14,16H,3-7H2,1-2H3,(H,24,25)(H,26,27). The van der Waals surface area contributed by atoms with Crippen LogP contribution in [-0.2, 0) is 9.59 Å². The second kappa shape index (κ2) is 7.51. The molecule has 3 rings (SSSR count). The van der Waals surface area contributed by atoms with Gasteiger partial charge in [-0.1, -0.05) is 56.0 Å². The number of halogens is 1. The Balaban J connectivity index is 2.24. The van der Waals surface area contributed by atoms with E-state index in [-0.39, 0.29) is 11.5 Å². The van der Waals surface area contributed by atoms with Crippen molar-refractivity contribution in [1.82, 2.24) is 0 Å². The average Bonchev–Trinajstić information content (AvgIpc) is 2.63. The third-order valence-electron chi connectivity index (χ3n) is 6.38. The van der Waals surface area contributed by atoms with Gasteiger partial charge in [0.1, 0.15) is 0 Å². The van der Waals surface area contributed by atoms with Gasteiger partial charge in [-0.3, -0.25) is 4.79 Å². The first-order valence-corrected chi connectivity index (χ1v) is 9.83. The smallest absolute Gasteiger partial charge is 0.332 e. The van der Waals surface area contributed by atoms with E-state index >= 15 is 0 Å². The highest BCUT2D eigenvalue weighted by Gasteiger charge is 2.53. The Kier molecular flexibility index (Phi) is 5.48. The normalized spacial score (nSPS) is 26.6. The van der Waals surface area contributed by atoms with Gasteiger partial charge in [-0.05, 0) is 54.5 Å². The van der Waals surface area contributed by atoms with Crippen molar-refractivity contribution in [2.45, 2.75) is 46.0 Å². The Hall–Kier alpha value is -2.07. The van der Waals surface area contributed by atoms with Crippen LogP contribution in [0.15, 0.2) is 41.5 Å². The zero-order valence-electron chi connectivity index (χ0n) is 15.7. The predicted molar refractivity (Wildman–Crippen MR) is 106 cm³/mol. The molecule has 0 amide bonds. The molecule has 2 N–H and O–H groups in total. The molecule has 0 bridgehead atoms. The fraction of sp³-hybridized carbons (Fsp3) is 0.455. The SMILES string of the molecule is CC1=C(C(=O)O)C(C)C(C(=O)O)(C2CCCCC2)C=C1c1ccc(Cl)cc1. The lowest BCUT2D eigenvalue weighted by molar-refractivity contribution is -0.153. The Bertz CT molecular complexity index is 815. The zero-order valence-corrected chi connectivity index (χ0v) is 16.4. The number of carboxylic acid groups (broad SMARTS) is 2. The number of allylic oxidation sites excluding steroid dienone is 2. The third-order valence-corrected chi connectivity index (χ3v) is 6.63. The van der Waals surface area contributed by atoms with Crippen LogP contribution in [0.1, 0.15) is 51.5 Å². The monoisotopic (exact) mass is 388 g/mol. The number of hydrogen-bond acceptors (Lipinski definition) is 2. The highest BCUT2D eigenvalue weighted by Crippen LogP contribution is 2.53. The minimum absolute atomic E-state index is 0.0662. The van der Waals surface area contributed by atoms with E-state index in [0.29, 0.717) is 16.2 Å². The molecule has 0 aromatic heterocycles. The number of rotatable bonds is 4. The topological polar surface area (TPSA) is 74.6 Å². The predicted octanol–water partition coefficient (Wildman–Crippen LogP) is 5.43. The number of carboxylic acids is 2. The summed E-state index contributed by atoms with van der Waals surface area (Å²) in [5, 5.41) is 20.8. The van der Waals surface area contributed by atoms with Crippen molar-refractivity contribution >= 4 is 29.1 Å². The molecule has 1 aromatic rings. The average molecular weight is 389 g/mol. The van der Waals surface area contributed by atoms with Crippen LogP contribution in [0.3, 0.4) is 0 Å². The van der Waals surface area contributed by atoms with E-state index in [0.717, 1.165) is 37.7 Å². The van der Waals surface area contributed by atoms with Crippen molar-refractivity contribution in [3.05, 3.63) is 52.1 Å². The van der Waals surface area contributed by atoms with Crippen LogP contribution >= 0.6 is 11.6 Å². The van der Waals surface area contributed by atoms with Crippen LogP contribution in [0, 0.1) is 17.3 Å². The molecule has 27 heavy (non-hydrogen) atoms. The van der Waals surface area contributed by atoms with Crippen molar-refractivity contribution < 1.29 is 19.8 Å². The molecule has 2 atom stereocenters. The first kappa shape index (κ1) is 19.7. The third kappa shape index (κ3) is 3.31. The van der Waals surface area contributed by atoms with Gasteiger partial charge in [-0.2, -0.15) is 0 Å². The molecule has 1 fully saturated rings. The lowest BCUT2D eigenvalue weighted by Gasteiger charge is -2.45. The van der Waals surface area contributed by atoms with Crippen molar-refractivity contribution in [1.29, 1.82) is 0 Å². The molecule has 1 aromatic carbocycles. The molecule has 0 heterocycles. The van der Waals surface area contributed by atoms with Crippen molar-refractivity contribution in [2.75, 3.05) is 0 Å². The summed E-state index contributed by atoms with van der Waals surface area (Å²) in [6.07, 6.45) is 6.54. The molecule has 4 nitrogen and oxygen atoms in total. The maximum Gasteiger partial charge on any atom is 0.332 e. The molecule has 144 valence electrons. The lowest BCUT2D eigenvalue weighted by Crippen LogP contribution is -2.47. The van der Waals surface area contributed by atoms with E-state index in [2.05, 4.69) is 0 Å². The molecule has 1 saturated carbocycles. The molecule has 2 aliphatic rings. The molecule has 5 heteroatoms. The van der Waals surface area contributed by atoms with Crippen molar-refractivity contribution in [3.8, 4) is 0 Å². The first-order valence-electron chi connectivity index (χ1n) is 9.45. The second-order valence-electron chi connectivity index (χ2n) is 7.70. The molecular formula is C22H25ClO4. The van der Waals surface area contributed by atoms with E-state index in [1.165, 1.54) is 0 Å². The minimum Gasteiger partial charge on any atom is -0.481 e. The lowest BCUT2D eigenvalue weighted by atomic mass is 9.57. The number of hydrogen-bond donors (Lipinski definition) is 2. The summed E-state index contributed by atoms with van der Waals surface area (Å²) in [6, 6.07) is 7.13. The largest absolute Gasteiger partial charge is 0.481 e. The van der Waals surface area contributed by atoms with Gasteiger partial charge < -0.3 is 10.2 Å². The van der Waals surface area contributed by atoms with Crippen LogP contribution in [0.4, 0.5) is 0 Å². The maximum atomic E-state index is 12.6. The quantitative estimate of drug-likeness (QED) is 0.721. The Morgan fingerprint density at radius 1 is 1.07 bits per heavy atom. The van der Waals surface area contributed by atoms with Gasteiger partial charge in [0.15, 0.2) is 0 Å². The molecule has 0 saturated heterocycles. The molecule has 0 spiro atoms. The maximum absolute atomic E-state index is 12.6. The molecule has 2 unspecified atom stereocenters. The molecule has 2 aliphatic carbocycles. The Morgan fingerprint density at radius 3 is 2.19 bits per heavy atom. The molecular weight excluding hydrogens is 364 g/mol. The first-order chi connectivity index (χ1) is 12.8. The van der Waals surface area contributed by atoms with Crippen LogP contribution in [0.25, 0.3) is 5.57 Å². The summed E-state index contributed by atoms with van der Waals surface area (Å²) in [7, 11) is 0. The minimum atomic E-state index is -1.21. The highest BCUT2D eigenvalue weighted by atomic mass is 35.5. The van der Waals surface area contributed by atoms with E-state index in [4.69, 9.17) is 11.6 Å². The van der Waals surface area contributed by atoms with Gasteiger partial charge in [-0.25, -0.2) is 4.79 Å². The van der Waals surface area contributed by atoms with E-state index < -0.39 is 23.3 Å².